The minimum absolute atomic E-state index is 0.0999. The molecule has 0 saturated carbocycles. The maximum absolute atomic E-state index is 2.50. The monoisotopic (exact) mass is 525 g/mol. The summed E-state index contributed by atoms with van der Waals surface area (Å²) in [5, 5.41) is 2.61. The van der Waals surface area contributed by atoms with Gasteiger partial charge in [-0.3, -0.25) is 0 Å². The van der Waals surface area contributed by atoms with E-state index >= 15 is 0 Å². The Morgan fingerprint density at radius 3 is 1.98 bits per heavy atom. The first-order chi connectivity index (χ1) is 20.0. The fourth-order valence-electron chi connectivity index (χ4n) is 7.11. The van der Waals surface area contributed by atoms with E-state index in [-0.39, 0.29) is 5.41 Å². The number of aromatic nitrogens is 1. The van der Waals surface area contributed by atoms with Gasteiger partial charge in [-0.15, -0.1) is 0 Å². The highest BCUT2D eigenvalue weighted by Crippen LogP contribution is 2.52. The van der Waals surface area contributed by atoms with Gasteiger partial charge >= 0.3 is 0 Å². The van der Waals surface area contributed by atoms with E-state index in [0.717, 1.165) is 0 Å². The number of hydrogen-bond donors (Lipinski definition) is 0. The first-order valence-electron chi connectivity index (χ1n) is 14.5. The third-order valence-electron chi connectivity index (χ3n) is 9.00. The summed E-state index contributed by atoms with van der Waals surface area (Å²) in [6.07, 6.45) is 0. The van der Waals surface area contributed by atoms with Gasteiger partial charge in [0.15, 0.2) is 0 Å². The molecule has 0 N–H and O–H groups in total. The Morgan fingerprint density at radius 2 is 1.17 bits per heavy atom. The average molecular weight is 526 g/mol. The van der Waals surface area contributed by atoms with Gasteiger partial charge in [-0.25, -0.2) is 0 Å². The van der Waals surface area contributed by atoms with Gasteiger partial charge in [0.2, 0.25) is 0 Å². The van der Waals surface area contributed by atoms with Gasteiger partial charge in [0.1, 0.15) is 0 Å². The van der Waals surface area contributed by atoms with Gasteiger partial charge < -0.3 is 4.57 Å². The molecule has 1 aliphatic rings. The predicted molar refractivity (Wildman–Crippen MR) is 174 cm³/mol. The third kappa shape index (κ3) is 3.55. The molecular formula is C40H31N. The number of para-hydroxylation sites is 1. The van der Waals surface area contributed by atoms with Crippen molar-refractivity contribution in [2.45, 2.75) is 26.2 Å². The Morgan fingerprint density at radius 1 is 0.512 bits per heavy atom. The molecule has 0 aliphatic heterocycles. The molecule has 1 aliphatic carbocycles. The molecule has 1 heterocycles. The molecule has 0 spiro atoms. The summed E-state index contributed by atoms with van der Waals surface area (Å²) < 4.78 is 2.50. The van der Waals surface area contributed by atoms with E-state index in [1.54, 1.807) is 0 Å². The Balaban J connectivity index is 1.37. The summed E-state index contributed by atoms with van der Waals surface area (Å²) >= 11 is 0. The van der Waals surface area contributed by atoms with Crippen LogP contribution in [0.25, 0.3) is 60.9 Å². The summed E-state index contributed by atoms with van der Waals surface area (Å²) in [6, 6.07) is 49.2. The second-order valence-electron chi connectivity index (χ2n) is 11.9. The van der Waals surface area contributed by atoms with Gasteiger partial charge in [0.05, 0.1) is 11.0 Å². The Bertz CT molecular complexity index is 2140. The molecule has 0 radical (unpaired) electrons. The molecule has 1 nitrogen and oxygen atoms in total. The number of aryl methyl sites for hydroxylation is 1. The number of rotatable bonds is 3. The minimum Gasteiger partial charge on any atom is -0.309 e. The van der Waals surface area contributed by atoms with Crippen LogP contribution in [0.3, 0.4) is 0 Å². The molecule has 41 heavy (non-hydrogen) atoms. The van der Waals surface area contributed by atoms with Crippen LogP contribution < -0.4 is 0 Å². The molecule has 196 valence electrons. The number of hydrogen-bond acceptors (Lipinski definition) is 0. The van der Waals surface area contributed by atoms with Crippen LogP contribution in [0.1, 0.15) is 30.5 Å². The van der Waals surface area contributed by atoms with Crippen LogP contribution in [0, 0.1) is 6.92 Å². The van der Waals surface area contributed by atoms with E-state index in [2.05, 4.69) is 159 Å². The Hall–Kier alpha value is -4.88. The van der Waals surface area contributed by atoms with Crippen molar-refractivity contribution < 1.29 is 0 Å². The van der Waals surface area contributed by atoms with Crippen molar-refractivity contribution in [3.05, 3.63) is 150 Å². The van der Waals surface area contributed by atoms with E-state index in [0.29, 0.717) is 0 Å². The second kappa shape index (κ2) is 8.81. The van der Waals surface area contributed by atoms with Crippen molar-refractivity contribution in [3.63, 3.8) is 0 Å². The average Bonchev–Trinajstić information content (AvgIpc) is 3.46. The minimum atomic E-state index is -0.0999. The smallest absolute Gasteiger partial charge is 0.0588 e. The lowest BCUT2D eigenvalue weighted by atomic mass is 9.81. The van der Waals surface area contributed by atoms with Crippen LogP contribution in [0.15, 0.2) is 133 Å². The highest BCUT2D eigenvalue weighted by molar-refractivity contribution is 6.13. The first-order valence-corrected chi connectivity index (χ1v) is 14.5. The van der Waals surface area contributed by atoms with Crippen molar-refractivity contribution in [2.24, 2.45) is 0 Å². The molecule has 0 saturated heterocycles. The molecule has 0 fully saturated rings. The molecule has 8 rings (SSSR count). The molecule has 1 aromatic heterocycles. The van der Waals surface area contributed by atoms with Crippen molar-refractivity contribution in [3.8, 4) is 39.1 Å². The summed E-state index contributed by atoms with van der Waals surface area (Å²) in [7, 11) is 0. The SMILES string of the molecule is Cc1cccc(-c2cccc(-c3cccc(-n4c5ccccc5c5ccc6c(c54)C(C)(C)c4ccccc4-6)c3)c2)c1. The molecule has 0 atom stereocenters. The molecule has 0 amide bonds. The Labute approximate surface area is 241 Å². The fraction of sp³-hybridized carbons (Fsp3) is 0.100. The Kier molecular flexibility index (Phi) is 5.15. The standard InChI is InChI=1S/C40H31N/c1-26-11-8-12-27(23-26)28-13-9-14-29(24-28)30-15-10-16-31(25-30)41-37-20-7-5-18-33(37)35-22-21-34-32-17-4-6-19-36(32)40(2,3)38(34)39(35)41/h4-25H,1-3H3. The summed E-state index contributed by atoms with van der Waals surface area (Å²) in [5.74, 6) is 0. The van der Waals surface area contributed by atoms with Crippen LogP contribution in [-0.4, -0.2) is 4.57 Å². The molecular weight excluding hydrogens is 494 g/mol. The fourth-order valence-corrected chi connectivity index (χ4v) is 7.11. The number of fused-ring (bicyclic) bond motifs is 7. The van der Waals surface area contributed by atoms with E-state index in [1.165, 1.54) is 77.6 Å². The van der Waals surface area contributed by atoms with Crippen molar-refractivity contribution >= 4 is 21.8 Å². The molecule has 0 bridgehead atoms. The number of benzene rings is 6. The van der Waals surface area contributed by atoms with Crippen LogP contribution in [0.4, 0.5) is 0 Å². The van der Waals surface area contributed by atoms with E-state index in [4.69, 9.17) is 0 Å². The predicted octanol–water partition coefficient (Wildman–Crippen LogP) is 10.7. The highest BCUT2D eigenvalue weighted by Gasteiger charge is 2.38. The zero-order valence-corrected chi connectivity index (χ0v) is 23.6. The third-order valence-corrected chi connectivity index (χ3v) is 9.00. The lowest BCUT2D eigenvalue weighted by molar-refractivity contribution is 0.664. The normalized spacial score (nSPS) is 13.4. The second-order valence-corrected chi connectivity index (χ2v) is 11.9. The summed E-state index contributed by atoms with van der Waals surface area (Å²) in [5.41, 5.74) is 15.4. The largest absolute Gasteiger partial charge is 0.309 e. The molecule has 6 aromatic carbocycles. The van der Waals surface area contributed by atoms with Crippen LogP contribution in [-0.2, 0) is 5.41 Å². The topological polar surface area (TPSA) is 4.93 Å². The molecule has 0 unspecified atom stereocenters. The summed E-state index contributed by atoms with van der Waals surface area (Å²) in [4.78, 5) is 0. The van der Waals surface area contributed by atoms with Crippen LogP contribution in [0.5, 0.6) is 0 Å². The molecule has 1 heteroatoms. The lowest BCUT2D eigenvalue weighted by Gasteiger charge is -2.23. The van der Waals surface area contributed by atoms with Gasteiger partial charge in [-0.1, -0.05) is 129 Å². The van der Waals surface area contributed by atoms with Gasteiger partial charge in [-0.05, 0) is 75.7 Å². The molecule has 7 aromatic rings. The van der Waals surface area contributed by atoms with Crippen molar-refractivity contribution in [1.82, 2.24) is 4.57 Å². The maximum Gasteiger partial charge on any atom is 0.0588 e. The van der Waals surface area contributed by atoms with E-state index < -0.39 is 0 Å². The lowest BCUT2D eigenvalue weighted by Crippen LogP contribution is -2.16. The van der Waals surface area contributed by atoms with E-state index in [9.17, 15) is 0 Å². The summed E-state index contributed by atoms with van der Waals surface area (Å²) in [6.45, 7) is 6.91. The van der Waals surface area contributed by atoms with Gasteiger partial charge in [-0.2, -0.15) is 0 Å². The van der Waals surface area contributed by atoms with Crippen molar-refractivity contribution in [1.29, 1.82) is 0 Å². The zero-order valence-electron chi connectivity index (χ0n) is 23.6. The van der Waals surface area contributed by atoms with Gasteiger partial charge in [0, 0.05) is 21.9 Å². The van der Waals surface area contributed by atoms with E-state index in [1.807, 2.05) is 0 Å². The quantitative estimate of drug-likeness (QED) is 0.216. The van der Waals surface area contributed by atoms with Crippen LogP contribution in [0.2, 0.25) is 0 Å². The van der Waals surface area contributed by atoms with Crippen LogP contribution >= 0.6 is 0 Å². The zero-order chi connectivity index (χ0) is 27.7. The van der Waals surface area contributed by atoms with Crippen molar-refractivity contribution in [2.75, 3.05) is 0 Å². The van der Waals surface area contributed by atoms with Gasteiger partial charge in [0.25, 0.3) is 0 Å². The highest BCUT2D eigenvalue weighted by atomic mass is 15.0. The maximum atomic E-state index is 2.50. The first kappa shape index (κ1) is 24.0. The number of nitrogens with zero attached hydrogens (tertiary/aromatic N) is 1.